The molecule has 0 bridgehead atoms. The van der Waals surface area contributed by atoms with Crippen LogP contribution in [0.15, 0.2) is 0 Å². The Kier molecular flexibility index (Phi) is 9350. The fourth-order valence-corrected chi connectivity index (χ4v) is 0. The van der Waals surface area contributed by atoms with Gasteiger partial charge in [0, 0.05) is 2140 Å². The summed E-state index contributed by atoms with van der Waals surface area (Å²) in [4.78, 5) is 0. The minimum atomic E-state index is 0. The van der Waals surface area contributed by atoms with Crippen molar-refractivity contribution in [1.29, 1.82) is 0 Å². The van der Waals surface area contributed by atoms with Crippen molar-refractivity contribution >= 4 is 430 Å². The first-order valence-corrected chi connectivity index (χ1v) is 0. The summed E-state index contributed by atoms with van der Waals surface area (Å²) in [6.45, 7) is 0. The molecule has 0 aromatic heterocycles. The molecule has 0 rings (SSSR count). The smallest absolute Gasteiger partial charge is 0 e. The quantitative estimate of drug-likeness (QED) is 0.212. The number of hydrogen-bond acceptors (Lipinski definition) is 0. The molecule has 99 heteroatoms. The zero-order valence-corrected chi connectivity index (χ0v) is 197. The molecule has 99 heavy (non-hydrogen) atoms. The van der Waals surface area contributed by atoms with E-state index >= 15 is 0 Å². The molecule has 0 unspecified atom stereocenters. The predicted molar refractivity (Wildman–Crippen MR) is 104 cm³/mol. The molecule has 954 valence electrons. The molecule has 152 radical (unpaired) electrons. The van der Waals surface area contributed by atoms with E-state index in [-0.39, 0.29) is 2140 Å². The van der Waals surface area contributed by atoms with Crippen LogP contribution in [0, 0.1) is 0 Å². The SMILES string of the molecule is [Ag].[Ag].[Ag].[Ag].[Ag].[Ag].[Ag].[Ag].[Ag].[Ag].[Ag].[Ag].[Ag].[Ag].[Ag].[Ag].[Ag].[Ag].[Ag].[Ag].[Ag].[Ag].[Ag].[Ag].[Ag].[Ag].[Ag].[Ag].[Ag].[Ag].[Ag].[Ag].[Ag].[Ag].[Ag].[Ag].[Ag].[Ag].[Ag].[Ag].[Ag].[Ag].[Ag].[Ag].[Ag].[Ag].[Ag].[Ag].[Ag].[Ag].[Ag].[Ag].[Ag].[Ag].[Ag].[Ag].[Ag].[Ag].[Ag].[Ag].[Ag].[Ag].[Cu].[Cu].[Cu].[Cu].[Cu].[Cu].[Cu].[Cu].[Cu].[Cu].[Cu].[Cu].[Cu].[Cu].[Cu].[Cu].[Cu].[Cu].[Sn].[Sn].[Sn].[Sn].[Sn].[Sn].[Sn].[Sn].[Sn].[Sn].[Sn].[Sn].[Sn].[Sn].[Sn].[Sn].[Sn].[Sn].[Zn]. The molecular weight excluding hydrogens is 10000 g/mol. The van der Waals surface area contributed by atoms with Gasteiger partial charge in [0.2, 0.25) is 0 Å². The van der Waals surface area contributed by atoms with E-state index in [4.69, 9.17) is 0 Å². The van der Waals surface area contributed by atoms with Crippen LogP contribution in [0.4, 0.5) is 0 Å². The molecule has 0 spiro atoms. The summed E-state index contributed by atoms with van der Waals surface area (Å²) in [6.07, 6.45) is 0. The van der Waals surface area contributed by atoms with Crippen molar-refractivity contribution in [3.05, 3.63) is 0 Å². The van der Waals surface area contributed by atoms with Crippen LogP contribution >= 0.6 is 0 Å². The Morgan fingerprint density at radius 2 is 0.0404 bits per heavy atom. The third-order valence-electron chi connectivity index (χ3n) is 0. The zero-order chi connectivity index (χ0) is 0. The predicted octanol–water partition coefficient (Wildman–Crippen LogP) is -7.06. The van der Waals surface area contributed by atoms with Gasteiger partial charge in [0.1, 0.15) is 0 Å². The second kappa shape index (κ2) is 954. The van der Waals surface area contributed by atoms with Gasteiger partial charge in [-0.2, -0.15) is 0 Å². The molecule has 0 heterocycles. The van der Waals surface area contributed by atoms with Crippen LogP contribution in [0.3, 0.4) is 0 Å². The van der Waals surface area contributed by atoms with Crippen molar-refractivity contribution in [2.24, 2.45) is 0 Å². The van der Waals surface area contributed by atoms with Crippen molar-refractivity contribution < 1.29 is 1710 Å². The van der Waals surface area contributed by atoms with Gasteiger partial charge >= 0.3 is 0 Å². The van der Waals surface area contributed by atoms with Gasteiger partial charge in [-0.25, -0.2) is 0 Å². The molecule has 0 atom stereocenters. The average molecular weight is 10000 g/mol. The van der Waals surface area contributed by atoms with Crippen molar-refractivity contribution in [2.75, 3.05) is 0 Å². The Hall–Kier alpha value is 70.2. The topological polar surface area (TPSA) is 0 Å². The Balaban J connectivity index is 0. The molecule has 0 aliphatic rings. The van der Waals surface area contributed by atoms with Gasteiger partial charge in [0.25, 0.3) is 0 Å². The van der Waals surface area contributed by atoms with Gasteiger partial charge < -0.3 is 0 Å². The van der Waals surface area contributed by atoms with Crippen LogP contribution in [0.2, 0.25) is 0 Å². The van der Waals surface area contributed by atoms with Crippen molar-refractivity contribution in [1.82, 2.24) is 0 Å². The maximum absolute atomic E-state index is 0. The van der Waals surface area contributed by atoms with Gasteiger partial charge in [0.05, 0.1) is 0 Å². The Morgan fingerprint density at radius 1 is 0.0404 bits per heavy atom. The van der Waals surface area contributed by atoms with E-state index in [0.29, 0.717) is 0 Å². The summed E-state index contributed by atoms with van der Waals surface area (Å²) in [5.41, 5.74) is 0. The van der Waals surface area contributed by atoms with E-state index in [9.17, 15) is 0 Å². The molecule has 0 aliphatic heterocycles. The van der Waals surface area contributed by atoms with Crippen LogP contribution < -0.4 is 0 Å². The summed E-state index contributed by atoms with van der Waals surface area (Å²) in [5.74, 6) is 0. The summed E-state index contributed by atoms with van der Waals surface area (Å²) >= 11 is 0. The molecule has 0 saturated carbocycles. The maximum atomic E-state index is 0. The van der Waals surface area contributed by atoms with Crippen molar-refractivity contribution in [3.63, 3.8) is 0 Å². The van der Waals surface area contributed by atoms with Crippen LogP contribution in [0.5, 0.6) is 0 Å². The molecule has 0 N–H and O–H groups in total. The zero-order valence-electron chi connectivity index (χ0n) is 33.8. The first-order chi connectivity index (χ1) is 0. The molecule has 0 nitrogen and oxygen atoms in total. The number of rotatable bonds is 0. The van der Waals surface area contributed by atoms with E-state index in [0.717, 1.165) is 0 Å². The Morgan fingerprint density at radius 3 is 0.0404 bits per heavy atom. The largest absolute Gasteiger partial charge is 0 e. The molecule has 0 fully saturated rings. The molecule has 0 aromatic rings. The maximum Gasteiger partial charge on any atom is 0 e. The van der Waals surface area contributed by atoms with Gasteiger partial charge in [0.15, 0.2) is 0 Å². The normalized spacial score (nSPS) is 0. The third kappa shape index (κ3) is 942. The fraction of sp³-hybridized carbons (Fsp3) is 0. The standard InChI is InChI=1S/62Ag.18Cu.18Sn.Zn. The van der Waals surface area contributed by atoms with E-state index in [1.165, 1.54) is 0 Å². The summed E-state index contributed by atoms with van der Waals surface area (Å²) in [5, 5.41) is 0. The molecular formula is Ag62Cu18Sn18Zn. The number of hydrogen-bond donors (Lipinski definition) is 0. The monoisotopic (exact) mass is 9980 g/mol. The van der Waals surface area contributed by atoms with Gasteiger partial charge in [-0.3, -0.25) is 0 Å². The molecule has 0 amide bonds. The summed E-state index contributed by atoms with van der Waals surface area (Å²) < 4.78 is 0. The second-order valence-corrected chi connectivity index (χ2v) is 0. The van der Waals surface area contributed by atoms with Crippen LogP contribution in [-0.4, -0.2) is 430 Å². The van der Waals surface area contributed by atoms with Gasteiger partial charge in [-0.15, -0.1) is 0 Å². The molecule has 0 aliphatic carbocycles. The van der Waals surface area contributed by atoms with Crippen LogP contribution in [0.25, 0.3) is 0 Å². The van der Waals surface area contributed by atoms with Crippen molar-refractivity contribution in [3.8, 4) is 0 Å². The van der Waals surface area contributed by atoms with E-state index < -0.39 is 0 Å². The first kappa shape index (κ1) is 971. The van der Waals surface area contributed by atoms with Gasteiger partial charge in [-0.1, -0.05) is 0 Å². The molecule has 0 saturated heterocycles. The third-order valence-corrected chi connectivity index (χ3v) is 0. The van der Waals surface area contributed by atoms with E-state index in [1.54, 1.807) is 0 Å². The first-order valence-electron chi connectivity index (χ1n) is 0. The second-order valence-electron chi connectivity index (χ2n) is 0. The van der Waals surface area contributed by atoms with Crippen LogP contribution in [-0.2, 0) is 1710 Å². The van der Waals surface area contributed by atoms with E-state index in [2.05, 4.69) is 0 Å². The van der Waals surface area contributed by atoms with Gasteiger partial charge in [-0.05, 0) is 0 Å². The Labute approximate surface area is 2080 Å². The minimum Gasteiger partial charge on any atom is 0 e. The van der Waals surface area contributed by atoms with Crippen LogP contribution in [0.1, 0.15) is 0 Å². The minimum absolute atomic E-state index is 0. The fourth-order valence-electron chi connectivity index (χ4n) is 0. The summed E-state index contributed by atoms with van der Waals surface area (Å²) in [7, 11) is 0. The van der Waals surface area contributed by atoms with Crippen molar-refractivity contribution in [2.45, 2.75) is 0 Å². The molecule has 0 aromatic carbocycles. The summed E-state index contributed by atoms with van der Waals surface area (Å²) in [6, 6.07) is 0. The average Bonchev–Trinajstić information content (AvgIpc) is 0. The van der Waals surface area contributed by atoms with E-state index in [1.807, 2.05) is 0 Å². The Bertz CT molecular complexity index is 137.